The van der Waals surface area contributed by atoms with Crippen LogP contribution in [-0.4, -0.2) is 20.8 Å². The molecular formula is C24H23ClN4. The first-order valence-electron chi connectivity index (χ1n) is 9.90. The van der Waals surface area contributed by atoms with Gasteiger partial charge < -0.3 is 10.1 Å². The molecule has 0 radical (unpaired) electrons. The zero-order valence-corrected chi connectivity index (χ0v) is 17.2. The summed E-state index contributed by atoms with van der Waals surface area (Å²) >= 11 is 6.26. The molecule has 2 aromatic heterocycles. The van der Waals surface area contributed by atoms with Gasteiger partial charge in [0.2, 0.25) is 0 Å². The molecule has 1 aliphatic heterocycles. The van der Waals surface area contributed by atoms with E-state index in [0.717, 1.165) is 64.9 Å². The van der Waals surface area contributed by atoms with Gasteiger partial charge >= 0.3 is 0 Å². The minimum Gasteiger partial charge on any atom is -0.398 e. The number of nitrogen functional groups attached to an aromatic ring is 1. The third-order valence-corrected chi connectivity index (χ3v) is 6.18. The Balaban J connectivity index is 1.58. The Morgan fingerprint density at radius 3 is 2.72 bits per heavy atom. The average molecular weight is 403 g/mol. The number of imidazole rings is 1. The van der Waals surface area contributed by atoms with Gasteiger partial charge in [0.25, 0.3) is 0 Å². The Morgan fingerprint density at radius 2 is 1.90 bits per heavy atom. The predicted octanol–water partition coefficient (Wildman–Crippen LogP) is 5.10. The van der Waals surface area contributed by atoms with Gasteiger partial charge in [0.1, 0.15) is 5.65 Å². The fourth-order valence-corrected chi connectivity index (χ4v) is 4.30. The second-order valence-corrected chi connectivity index (χ2v) is 8.20. The monoisotopic (exact) mass is 402 g/mol. The maximum Gasteiger partial charge on any atom is 0.137 e. The molecule has 0 fully saturated rings. The molecule has 5 rings (SSSR count). The van der Waals surface area contributed by atoms with Crippen molar-refractivity contribution >= 4 is 22.9 Å². The van der Waals surface area contributed by atoms with Crippen molar-refractivity contribution in [2.24, 2.45) is 0 Å². The van der Waals surface area contributed by atoms with Gasteiger partial charge in [-0.1, -0.05) is 41.9 Å². The molecule has 4 nitrogen and oxygen atoms in total. The maximum absolute atomic E-state index is 6.26. The van der Waals surface area contributed by atoms with Gasteiger partial charge in [0.15, 0.2) is 0 Å². The van der Waals surface area contributed by atoms with Crippen LogP contribution in [0.1, 0.15) is 22.4 Å². The number of nitrogens with two attached hydrogens (primary N) is 1. The normalized spacial score (nSPS) is 14.3. The third-order valence-electron chi connectivity index (χ3n) is 5.75. The topological polar surface area (TPSA) is 46.6 Å². The van der Waals surface area contributed by atoms with Gasteiger partial charge in [-0.2, -0.15) is 0 Å². The van der Waals surface area contributed by atoms with Crippen LogP contribution in [-0.2, 0) is 19.5 Å². The highest BCUT2D eigenvalue weighted by atomic mass is 35.5. The molecule has 3 heterocycles. The highest BCUT2D eigenvalue weighted by molar-refractivity contribution is 6.31. The molecule has 5 heteroatoms. The van der Waals surface area contributed by atoms with Gasteiger partial charge in [-0.05, 0) is 54.3 Å². The average Bonchev–Trinajstić information content (AvgIpc) is 3.07. The highest BCUT2D eigenvalue weighted by Crippen LogP contribution is 2.30. The molecule has 2 aromatic carbocycles. The Hall–Kier alpha value is -2.82. The Bertz CT molecular complexity index is 1210. The van der Waals surface area contributed by atoms with Crippen molar-refractivity contribution in [3.8, 4) is 11.3 Å². The number of hydrogen-bond donors (Lipinski definition) is 1. The SMILES string of the molecule is Cc1cc(-c2nc3ccc(N)cn3c2CN2CCc3ccccc3C2)ccc1Cl. The molecule has 0 atom stereocenters. The molecule has 0 saturated carbocycles. The van der Waals surface area contributed by atoms with Crippen LogP contribution >= 0.6 is 11.6 Å². The van der Waals surface area contributed by atoms with Crippen molar-refractivity contribution in [2.75, 3.05) is 12.3 Å². The van der Waals surface area contributed by atoms with Gasteiger partial charge in [0, 0.05) is 42.1 Å². The zero-order valence-electron chi connectivity index (χ0n) is 16.4. The summed E-state index contributed by atoms with van der Waals surface area (Å²) in [5.74, 6) is 0. The van der Waals surface area contributed by atoms with Crippen LogP contribution < -0.4 is 5.73 Å². The van der Waals surface area contributed by atoms with E-state index in [1.54, 1.807) is 0 Å². The number of aryl methyl sites for hydroxylation is 1. The summed E-state index contributed by atoms with van der Waals surface area (Å²) in [5.41, 5.74) is 14.9. The number of hydrogen-bond acceptors (Lipinski definition) is 3. The van der Waals surface area contributed by atoms with Crippen LogP contribution in [0.25, 0.3) is 16.9 Å². The molecule has 0 amide bonds. The Labute approximate surface area is 175 Å². The number of rotatable bonds is 3. The zero-order chi connectivity index (χ0) is 20.0. The number of anilines is 1. The molecule has 0 saturated heterocycles. The Morgan fingerprint density at radius 1 is 1.07 bits per heavy atom. The summed E-state index contributed by atoms with van der Waals surface area (Å²) in [7, 11) is 0. The van der Waals surface area contributed by atoms with Crippen LogP contribution in [0.4, 0.5) is 5.69 Å². The number of pyridine rings is 1. The minimum absolute atomic E-state index is 0.735. The molecule has 4 aromatic rings. The lowest BCUT2D eigenvalue weighted by atomic mass is 9.99. The Kier molecular flexibility index (Phi) is 4.53. The first kappa shape index (κ1) is 18.2. The van der Waals surface area contributed by atoms with Gasteiger partial charge in [-0.25, -0.2) is 4.98 Å². The molecular weight excluding hydrogens is 380 g/mol. The molecule has 1 aliphatic rings. The third kappa shape index (κ3) is 3.39. The van der Waals surface area contributed by atoms with Crippen molar-refractivity contribution in [2.45, 2.75) is 26.4 Å². The van der Waals surface area contributed by atoms with Crippen molar-refractivity contribution in [3.05, 3.63) is 88.2 Å². The smallest absolute Gasteiger partial charge is 0.137 e. The van der Waals surface area contributed by atoms with E-state index >= 15 is 0 Å². The lowest BCUT2D eigenvalue weighted by Gasteiger charge is -2.28. The molecule has 29 heavy (non-hydrogen) atoms. The van der Waals surface area contributed by atoms with Crippen LogP contribution in [0.5, 0.6) is 0 Å². The summed E-state index contributed by atoms with van der Waals surface area (Å²) < 4.78 is 2.13. The summed E-state index contributed by atoms with van der Waals surface area (Å²) in [4.78, 5) is 7.43. The summed E-state index contributed by atoms with van der Waals surface area (Å²) in [6.07, 6.45) is 3.05. The van der Waals surface area contributed by atoms with Crippen molar-refractivity contribution in [1.29, 1.82) is 0 Å². The van der Waals surface area contributed by atoms with E-state index in [1.807, 2.05) is 31.3 Å². The largest absolute Gasteiger partial charge is 0.398 e. The van der Waals surface area contributed by atoms with Gasteiger partial charge in [-0.15, -0.1) is 0 Å². The second-order valence-electron chi connectivity index (χ2n) is 7.79. The number of benzene rings is 2. The van der Waals surface area contributed by atoms with E-state index in [1.165, 1.54) is 11.1 Å². The van der Waals surface area contributed by atoms with Gasteiger partial charge in [0.05, 0.1) is 11.4 Å². The van der Waals surface area contributed by atoms with Crippen molar-refractivity contribution in [1.82, 2.24) is 14.3 Å². The number of halogens is 1. The standard InChI is InChI=1S/C24H23ClN4/c1-16-12-18(6-8-21(16)25)24-22(29-14-20(26)7-9-23(29)27-24)15-28-11-10-17-4-2-3-5-19(17)13-28/h2-9,12,14H,10-11,13,15,26H2,1H3. The van der Waals surface area contributed by atoms with E-state index in [0.29, 0.717) is 0 Å². The summed E-state index contributed by atoms with van der Waals surface area (Å²) in [5, 5.41) is 0.774. The van der Waals surface area contributed by atoms with E-state index in [9.17, 15) is 0 Å². The maximum atomic E-state index is 6.26. The van der Waals surface area contributed by atoms with Crippen LogP contribution in [0.3, 0.4) is 0 Å². The van der Waals surface area contributed by atoms with E-state index in [2.05, 4.69) is 45.7 Å². The van der Waals surface area contributed by atoms with Crippen molar-refractivity contribution < 1.29 is 0 Å². The molecule has 2 N–H and O–H groups in total. The summed E-state index contributed by atoms with van der Waals surface area (Å²) in [6.45, 7) is 4.83. The minimum atomic E-state index is 0.735. The lowest BCUT2D eigenvalue weighted by Crippen LogP contribution is -2.30. The van der Waals surface area contributed by atoms with Crippen molar-refractivity contribution in [3.63, 3.8) is 0 Å². The predicted molar refractivity (Wildman–Crippen MR) is 119 cm³/mol. The molecule has 0 spiro atoms. The number of nitrogens with zero attached hydrogens (tertiary/aromatic N) is 3. The number of fused-ring (bicyclic) bond motifs is 2. The lowest BCUT2D eigenvalue weighted by molar-refractivity contribution is 0.242. The quantitative estimate of drug-likeness (QED) is 0.518. The van der Waals surface area contributed by atoms with Crippen LogP contribution in [0.2, 0.25) is 5.02 Å². The second kappa shape index (κ2) is 7.21. The first-order valence-corrected chi connectivity index (χ1v) is 10.3. The first-order chi connectivity index (χ1) is 14.1. The molecule has 0 unspecified atom stereocenters. The van der Waals surface area contributed by atoms with Gasteiger partial charge in [-0.3, -0.25) is 4.90 Å². The molecule has 146 valence electrons. The number of aromatic nitrogens is 2. The fraction of sp³-hybridized carbons (Fsp3) is 0.208. The van der Waals surface area contributed by atoms with E-state index in [-0.39, 0.29) is 0 Å². The van der Waals surface area contributed by atoms with Crippen LogP contribution in [0.15, 0.2) is 60.8 Å². The van der Waals surface area contributed by atoms with E-state index in [4.69, 9.17) is 22.3 Å². The van der Waals surface area contributed by atoms with Crippen LogP contribution in [0, 0.1) is 6.92 Å². The highest BCUT2D eigenvalue weighted by Gasteiger charge is 2.21. The summed E-state index contributed by atoms with van der Waals surface area (Å²) in [6, 6.07) is 18.7. The molecule has 0 aliphatic carbocycles. The fourth-order valence-electron chi connectivity index (χ4n) is 4.18. The molecule has 0 bridgehead atoms. The van der Waals surface area contributed by atoms with E-state index < -0.39 is 0 Å².